The molecule has 0 aromatic heterocycles. The first kappa shape index (κ1) is 9.34. The van der Waals surface area contributed by atoms with Crippen LogP contribution in [0.15, 0.2) is 24.3 Å². The van der Waals surface area contributed by atoms with Gasteiger partial charge in [0, 0.05) is 11.5 Å². The van der Waals surface area contributed by atoms with Crippen molar-refractivity contribution in [2.75, 3.05) is 0 Å². The smallest absolute Gasteiger partial charge is 0.0274 e. The van der Waals surface area contributed by atoms with Crippen LogP contribution in [0.25, 0.3) is 0 Å². The fraction of sp³-hybridized carbons (Fsp3) is 0.429. The first-order valence-electron chi connectivity index (χ1n) is 5.43. The Labute approximate surface area is 86.3 Å². The van der Waals surface area contributed by atoms with E-state index < -0.39 is 0 Å². The van der Waals surface area contributed by atoms with Crippen molar-refractivity contribution in [3.8, 4) is 11.8 Å². The highest BCUT2D eigenvalue weighted by Gasteiger charge is 2.11. The molecule has 2 rings (SSSR count). The topological polar surface area (TPSA) is 0 Å². The predicted octanol–water partition coefficient (Wildman–Crippen LogP) is 3.54. The van der Waals surface area contributed by atoms with Crippen LogP contribution in [0.3, 0.4) is 0 Å². The number of hydrogen-bond acceptors (Lipinski definition) is 0. The van der Waals surface area contributed by atoms with Crippen LogP contribution in [-0.2, 0) is 0 Å². The molecule has 1 saturated carbocycles. The molecular weight excluding hydrogens is 168 g/mol. The van der Waals surface area contributed by atoms with Crippen LogP contribution in [0, 0.1) is 24.7 Å². The van der Waals surface area contributed by atoms with Crippen molar-refractivity contribution >= 4 is 0 Å². The Morgan fingerprint density at radius 3 is 2.57 bits per heavy atom. The molecule has 0 N–H and O–H groups in total. The van der Waals surface area contributed by atoms with Crippen LogP contribution in [0.1, 0.15) is 36.8 Å². The van der Waals surface area contributed by atoms with Gasteiger partial charge in [-0.1, -0.05) is 42.9 Å². The SMILES string of the molecule is Cc1ccccc1C#CC1CCCC1. The molecule has 0 heteroatoms. The van der Waals surface area contributed by atoms with Gasteiger partial charge in [0.1, 0.15) is 0 Å². The maximum atomic E-state index is 3.39. The number of benzene rings is 1. The Bertz CT molecular complexity index is 359. The minimum atomic E-state index is 0.662. The second-order valence-corrected chi connectivity index (χ2v) is 4.07. The molecule has 72 valence electrons. The van der Waals surface area contributed by atoms with Gasteiger partial charge in [0.25, 0.3) is 0 Å². The van der Waals surface area contributed by atoms with Gasteiger partial charge in [0.05, 0.1) is 0 Å². The Balaban J connectivity index is 2.12. The van der Waals surface area contributed by atoms with E-state index in [0.29, 0.717) is 5.92 Å². The zero-order chi connectivity index (χ0) is 9.80. The Morgan fingerprint density at radius 2 is 1.86 bits per heavy atom. The molecule has 0 spiro atoms. The molecule has 0 unspecified atom stereocenters. The molecule has 0 radical (unpaired) electrons. The van der Waals surface area contributed by atoms with Crippen LogP contribution >= 0.6 is 0 Å². The van der Waals surface area contributed by atoms with Crippen LogP contribution < -0.4 is 0 Å². The molecule has 1 aromatic rings. The van der Waals surface area contributed by atoms with Crippen LogP contribution in [0.5, 0.6) is 0 Å². The third-order valence-electron chi connectivity index (χ3n) is 2.91. The molecule has 0 atom stereocenters. The predicted molar refractivity (Wildman–Crippen MR) is 60.0 cm³/mol. The lowest BCUT2D eigenvalue weighted by Gasteiger charge is -1.98. The van der Waals surface area contributed by atoms with Crippen molar-refractivity contribution in [1.29, 1.82) is 0 Å². The number of rotatable bonds is 0. The normalized spacial score (nSPS) is 16.4. The average molecular weight is 184 g/mol. The van der Waals surface area contributed by atoms with Crippen molar-refractivity contribution in [2.24, 2.45) is 5.92 Å². The van der Waals surface area contributed by atoms with Crippen molar-refractivity contribution < 1.29 is 0 Å². The van der Waals surface area contributed by atoms with Crippen molar-refractivity contribution in [3.05, 3.63) is 35.4 Å². The molecule has 14 heavy (non-hydrogen) atoms. The lowest BCUT2D eigenvalue weighted by atomic mass is 10.1. The van der Waals surface area contributed by atoms with E-state index in [4.69, 9.17) is 0 Å². The summed E-state index contributed by atoms with van der Waals surface area (Å²) >= 11 is 0. The van der Waals surface area contributed by atoms with Crippen LogP contribution in [0.2, 0.25) is 0 Å². The highest BCUT2D eigenvalue weighted by Crippen LogP contribution is 2.23. The third kappa shape index (κ3) is 2.17. The molecule has 0 heterocycles. The average Bonchev–Trinajstić information content (AvgIpc) is 2.69. The summed E-state index contributed by atoms with van der Waals surface area (Å²) in [5, 5.41) is 0. The van der Waals surface area contributed by atoms with E-state index in [0.717, 1.165) is 0 Å². The van der Waals surface area contributed by atoms with E-state index >= 15 is 0 Å². The molecule has 0 saturated heterocycles. The quantitative estimate of drug-likeness (QED) is 0.541. The Kier molecular flexibility index (Phi) is 2.89. The van der Waals surface area contributed by atoms with Crippen LogP contribution in [0.4, 0.5) is 0 Å². The number of aryl methyl sites for hydroxylation is 1. The van der Waals surface area contributed by atoms with Crippen molar-refractivity contribution in [1.82, 2.24) is 0 Å². The zero-order valence-corrected chi connectivity index (χ0v) is 8.72. The molecule has 0 amide bonds. The maximum Gasteiger partial charge on any atom is 0.0274 e. The fourth-order valence-electron chi connectivity index (χ4n) is 1.96. The third-order valence-corrected chi connectivity index (χ3v) is 2.91. The van der Waals surface area contributed by atoms with E-state index in [1.807, 2.05) is 0 Å². The summed E-state index contributed by atoms with van der Waals surface area (Å²) in [5.74, 6) is 7.36. The van der Waals surface area contributed by atoms with E-state index in [-0.39, 0.29) is 0 Å². The van der Waals surface area contributed by atoms with Gasteiger partial charge >= 0.3 is 0 Å². The second-order valence-electron chi connectivity index (χ2n) is 4.07. The minimum Gasteiger partial charge on any atom is -0.0945 e. The van der Waals surface area contributed by atoms with E-state index in [1.54, 1.807) is 0 Å². The monoisotopic (exact) mass is 184 g/mol. The van der Waals surface area contributed by atoms with Gasteiger partial charge in [0.2, 0.25) is 0 Å². The first-order chi connectivity index (χ1) is 6.86. The van der Waals surface area contributed by atoms with Gasteiger partial charge in [-0.3, -0.25) is 0 Å². The van der Waals surface area contributed by atoms with Gasteiger partial charge in [0.15, 0.2) is 0 Å². The highest BCUT2D eigenvalue weighted by atomic mass is 14.1. The lowest BCUT2D eigenvalue weighted by molar-refractivity contribution is 0.712. The molecular formula is C14H16. The van der Waals surface area contributed by atoms with Gasteiger partial charge in [-0.05, 0) is 31.4 Å². The van der Waals surface area contributed by atoms with E-state index in [1.165, 1.54) is 36.8 Å². The molecule has 1 aliphatic carbocycles. The Hall–Kier alpha value is -1.22. The largest absolute Gasteiger partial charge is 0.0945 e. The number of hydrogen-bond donors (Lipinski definition) is 0. The minimum absolute atomic E-state index is 0.662. The summed E-state index contributed by atoms with van der Waals surface area (Å²) < 4.78 is 0. The van der Waals surface area contributed by atoms with Crippen molar-refractivity contribution in [2.45, 2.75) is 32.6 Å². The van der Waals surface area contributed by atoms with Gasteiger partial charge in [-0.2, -0.15) is 0 Å². The summed E-state index contributed by atoms with van der Waals surface area (Å²) in [6, 6.07) is 8.36. The van der Waals surface area contributed by atoms with Crippen LogP contribution in [-0.4, -0.2) is 0 Å². The summed E-state index contributed by atoms with van der Waals surface area (Å²) in [5.41, 5.74) is 2.48. The highest BCUT2D eigenvalue weighted by molar-refractivity contribution is 5.40. The van der Waals surface area contributed by atoms with Gasteiger partial charge in [-0.15, -0.1) is 0 Å². The molecule has 0 nitrogen and oxygen atoms in total. The van der Waals surface area contributed by atoms with E-state index in [2.05, 4.69) is 43.0 Å². The lowest BCUT2D eigenvalue weighted by Crippen LogP contribution is -1.87. The van der Waals surface area contributed by atoms with Gasteiger partial charge < -0.3 is 0 Å². The molecule has 1 fully saturated rings. The standard InChI is InChI=1S/C14H16/c1-12-6-2-5-9-14(12)11-10-13-7-3-4-8-13/h2,5-6,9,13H,3-4,7-8H2,1H3. The summed E-state index contributed by atoms with van der Waals surface area (Å²) in [7, 11) is 0. The summed E-state index contributed by atoms with van der Waals surface area (Å²) in [6.07, 6.45) is 5.35. The summed E-state index contributed by atoms with van der Waals surface area (Å²) in [4.78, 5) is 0. The van der Waals surface area contributed by atoms with Crippen molar-refractivity contribution in [3.63, 3.8) is 0 Å². The molecule has 0 aliphatic heterocycles. The summed E-state index contributed by atoms with van der Waals surface area (Å²) in [6.45, 7) is 2.12. The molecule has 1 aliphatic rings. The first-order valence-corrected chi connectivity index (χ1v) is 5.43. The van der Waals surface area contributed by atoms with E-state index in [9.17, 15) is 0 Å². The maximum absolute atomic E-state index is 3.39. The fourth-order valence-corrected chi connectivity index (χ4v) is 1.96. The molecule has 0 bridgehead atoms. The second kappa shape index (κ2) is 4.33. The Morgan fingerprint density at radius 1 is 1.14 bits per heavy atom. The zero-order valence-electron chi connectivity index (χ0n) is 8.72. The molecule has 1 aromatic carbocycles. The van der Waals surface area contributed by atoms with Gasteiger partial charge in [-0.25, -0.2) is 0 Å².